The SMILES string of the molecule is Cc1ncncc1-c1ccc(C(F)(F)F)cc1O. The summed E-state index contributed by atoms with van der Waals surface area (Å²) in [7, 11) is 0. The summed E-state index contributed by atoms with van der Waals surface area (Å²) >= 11 is 0. The maximum Gasteiger partial charge on any atom is 0.416 e. The number of halogens is 3. The topological polar surface area (TPSA) is 46.0 Å². The first-order valence-electron chi connectivity index (χ1n) is 5.07. The average molecular weight is 254 g/mol. The van der Waals surface area contributed by atoms with Crippen molar-refractivity contribution in [2.45, 2.75) is 13.1 Å². The van der Waals surface area contributed by atoms with Crippen molar-refractivity contribution in [2.24, 2.45) is 0 Å². The molecule has 1 aromatic heterocycles. The maximum absolute atomic E-state index is 12.4. The minimum atomic E-state index is -4.47. The van der Waals surface area contributed by atoms with Crippen molar-refractivity contribution >= 4 is 0 Å². The van der Waals surface area contributed by atoms with Gasteiger partial charge in [-0.15, -0.1) is 0 Å². The molecule has 0 aliphatic rings. The minimum absolute atomic E-state index is 0.279. The smallest absolute Gasteiger partial charge is 0.416 e. The van der Waals surface area contributed by atoms with E-state index in [1.54, 1.807) is 6.92 Å². The summed E-state index contributed by atoms with van der Waals surface area (Å²) in [5.41, 5.74) is 0.475. The van der Waals surface area contributed by atoms with Crippen LogP contribution in [-0.4, -0.2) is 15.1 Å². The van der Waals surface area contributed by atoms with E-state index >= 15 is 0 Å². The van der Waals surface area contributed by atoms with Gasteiger partial charge in [0.15, 0.2) is 0 Å². The van der Waals surface area contributed by atoms with Gasteiger partial charge in [-0.3, -0.25) is 0 Å². The third-order valence-corrected chi connectivity index (χ3v) is 2.53. The molecule has 18 heavy (non-hydrogen) atoms. The fourth-order valence-electron chi connectivity index (χ4n) is 1.59. The Kier molecular flexibility index (Phi) is 2.94. The predicted octanol–water partition coefficient (Wildman–Crippen LogP) is 3.18. The second-order valence-corrected chi connectivity index (χ2v) is 3.75. The molecule has 0 saturated heterocycles. The van der Waals surface area contributed by atoms with Crippen molar-refractivity contribution in [1.82, 2.24) is 9.97 Å². The molecule has 2 aromatic rings. The van der Waals surface area contributed by atoms with Gasteiger partial charge in [0.1, 0.15) is 12.1 Å². The van der Waals surface area contributed by atoms with Crippen molar-refractivity contribution in [3.05, 3.63) is 42.0 Å². The standard InChI is InChI=1S/C12H9F3N2O/c1-7-10(5-16-6-17-7)9-3-2-8(4-11(9)18)12(13,14)15/h2-6,18H,1H3. The number of phenols is 1. The molecule has 0 atom stereocenters. The van der Waals surface area contributed by atoms with Crippen LogP contribution in [0.25, 0.3) is 11.1 Å². The van der Waals surface area contributed by atoms with Gasteiger partial charge >= 0.3 is 6.18 Å². The summed E-state index contributed by atoms with van der Waals surface area (Å²) in [6.07, 6.45) is -1.69. The summed E-state index contributed by atoms with van der Waals surface area (Å²) in [4.78, 5) is 7.71. The quantitative estimate of drug-likeness (QED) is 0.850. The Labute approximate surface area is 101 Å². The molecular formula is C12H9F3N2O. The molecule has 0 aliphatic carbocycles. The van der Waals surface area contributed by atoms with E-state index in [1.807, 2.05) is 0 Å². The third kappa shape index (κ3) is 2.27. The van der Waals surface area contributed by atoms with E-state index in [0.29, 0.717) is 17.3 Å². The van der Waals surface area contributed by atoms with Crippen molar-refractivity contribution < 1.29 is 18.3 Å². The highest BCUT2D eigenvalue weighted by molar-refractivity contribution is 5.71. The van der Waals surface area contributed by atoms with Gasteiger partial charge in [-0.2, -0.15) is 13.2 Å². The van der Waals surface area contributed by atoms with Crippen molar-refractivity contribution in [1.29, 1.82) is 0 Å². The molecule has 1 heterocycles. The number of phenolic OH excluding ortho intramolecular Hbond substituents is 1. The van der Waals surface area contributed by atoms with Crippen LogP contribution in [0, 0.1) is 6.92 Å². The molecule has 1 aromatic carbocycles. The van der Waals surface area contributed by atoms with Gasteiger partial charge in [0, 0.05) is 23.0 Å². The summed E-state index contributed by atoms with van der Waals surface area (Å²) in [5.74, 6) is -0.442. The molecule has 1 N–H and O–H groups in total. The number of hydrogen-bond donors (Lipinski definition) is 1. The molecule has 0 spiro atoms. The second kappa shape index (κ2) is 4.29. The summed E-state index contributed by atoms with van der Waals surface area (Å²) in [5, 5.41) is 9.68. The molecule has 0 unspecified atom stereocenters. The number of aryl methyl sites for hydroxylation is 1. The van der Waals surface area contributed by atoms with E-state index in [4.69, 9.17) is 0 Å². The Bertz CT molecular complexity index is 582. The Balaban J connectivity index is 2.52. The normalized spacial score (nSPS) is 11.6. The largest absolute Gasteiger partial charge is 0.507 e. The van der Waals surface area contributed by atoms with Crippen LogP contribution in [0.5, 0.6) is 5.75 Å². The lowest BCUT2D eigenvalue weighted by Crippen LogP contribution is -2.04. The number of aromatic nitrogens is 2. The summed E-state index contributed by atoms with van der Waals surface area (Å²) < 4.78 is 37.3. The van der Waals surface area contributed by atoms with E-state index in [9.17, 15) is 18.3 Å². The first-order chi connectivity index (χ1) is 8.39. The van der Waals surface area contributed by atoms with Gasteiger partial charge in [0.05, 0.1) is 5.56 Å². The van der Waals surface area contributed by atoms with Gasteiger partial charge in [-0.1, -0.05) is 0 Å². The van der Waals surface area contributed by atoms with Gasteiger partial charge in [-0.05, 0) is 25.1 Å². The Hall–Kier alpha value is -2.11. The highest BCUT2D eigenvalue weighted by Gasteiger charge is 2.31. The number of nitrogens with zero attached hydrogens (tertiary/aromatic N) is 2. The fraction of sp³-hybridized carbons (Fsp3) is 0.167. The second-order valence-electron chi connectivity index (χ2n) is 3.75. The lowest BCUT2D eigenvalue weighted by atomic mass is 10.0. The molecule has 0 amide bonds. The van der Waals surface area contributed by atoms with E-state index in [0.717, 1.165) is 6.07 Å². The van der Waals surface area contributed by atoms with E-state index in [-0.39, 0.29) is 5.56 Å². The van der Waals surface area contributed by atoms with Crippen LogP contribution in [0.3, 0.4) is 0 Å². The van der Waals surface area contributed by atoms with Gasteiger partial charge in [0.2, 0.25) is 0 Å². The number of aromatic hydroxyl groups is 1. The number of rotatable bonds is 1. The zero-order valence-electron chi connectivity index (χ0n) is 9.36. The monoisotopic (exact) mass is 254 g/mol. The van der Waals surface area contributed by atoms with Crippen LogP contribution in [-0.2, 0) is 6.18 Å². The van der Waals surface area contributed by atoms with E-state index in [2.05, 4.69) is 9.97 Å². The highest BCUT2D eigenvalue weighted by Crippen LogP contribution is 2.36. The number of alkyl halides is 3. The fourth-order valence-corrected chi connectivity index (χ4v) is 1.59. The molecule has 0 radical (unpaired) electrons. The van der Waals surface area contributed by atoms with Gasteiger partial charge in [0.25, 0.3) is 0 Å². The van der Waals surface area contributed by atoms with Crippen LogP contribution in [0.1, 0.15) is 11.3 Å². The first-order valence-corrected chi connectivity index (χ1v) is 5.07. The Morgan fingerprint density at radius 2 is 1.89 bits per heavy atom. The van der Waals surface area contributed by atoms with Crippen molar-refractivity contribution in [3.63, 3.8) is 0 Å². The molecule has 0 saturated carbocycles. The lowest BCUT2D eigenvalue weighted by Gasteiger charge is -2.10. The molecule has 94 valence electrons. The maximum atomic E-state index is 12.4. The first kappa shape index (κ1) is 12.3. The van der Waals surface area contributed by atoms with Crippen LogP contribution in [0.15, 0.2) is 30.7 Å². The average Bonchev–Trinajstić information content (AvgIpc) is 2.29. The molecule has 0 fully saturated rings. The lowest BCUT2D eigenvalue weighted by molar-refractivity contribution is -0.137. The molecular weight excluding hydrogens is 245 g/mol. The zero-order valence-corrected chi connectivity index (χ0v) is 9.36. The zero-order chi connectivity index (χ0) is 13.3. The van der Waals surface area contributed by atoms with E-state index in [1.165, 1.54) is 18.6 Å². The molecule has 2 rings (SSSR count). The molecule has 3 nitrogen and oxygen atoms in total. The van der Waals surface area contributed by atoms with Crippen molar-refractivity contribution in [3.8, 4) is 16.9 Å². The van der Waals surface area contributed by atoms with Crippen molar-refractivity contribution in [2.75, 3.05) is 0 Å². The Morgan fingerprint density at radius 3 is 2.44 bits per heavy atom. The van der Waals surface area contributed by atoms with E-state index < -0.39 is 17.5 Å². The summed E-state index contributed by atoms with van der Waals surface area (Å²) in [6, 6.07) is 2.83. The molecule has 0 aliphatic heterocycles. The van der Waals surface area contributed by atoms with Gasteiger partial charge < -0.3 is 5.11 Å². The summed E-state index contributed by atoms with van der Waals surface area (Å²) in [6.45, 7) is 1.69. The van der Waals surface area contributed by atoms with Crippen LogP contribution >= 0.6 is 0 Å². The molecule has 0 bridgehead atoms. The number of benzene rings is 1. The number of hydrogen-bond acceptors (Lipinski definition) is 3. The molecule has 6 heteroatoms. The third-order valence-electron chi connectivity index (χ3n) is 2.53. The highest BCUT2D eigenvalue weighted by atomic mass is 19.4. The van der Waals surface area contributed by atoms with Crippen LogP contribution in [0.2, 0.25) is 0 Å². The van der Waals surface area contributed by atoms with Gasteiger partial charge in [-0.25, -0.2) is 9.97 Å². The van der Waals surface area contributed by atoms with Crippen LogP contribution < -0.4 is 0 Å². The van der Waals surface area contributed by atoms with Crippen LogP contribution in [0.4, 0.5) is 13.2 Å². The predicted molar refractivity (Wildman–Crippen MR) is 58.9 cm³/mol. The minimum Gasteiger partial charge on any atom is -0.507 e. The Morgan fingerprint density at radius 1 is 1.17 bits per heavy atom.